The molecule has 13 heavy (non-hydrogen) atoms. The van der Waals surface area contributed by atoms with Gasteiger partial charge in [0.2, 0.25) is 0 Å². The van der Waals surface area contributed by atoms with E-state index in [2.05, 4.69) is 0 Å². The Hall–Kier alpha value is -0.230. The van der Waals surface area contributed by atoms with Crippen LogP contribution in [0, 0.1) is 0 Å². The van der Waals surface area contributed by atoms with Gasteiger partial charge in [-0.05, 0) is 18.2 Å². The Balaban J connectivity index is 2.30. The van der Waals surface area contributed by atoms with Crippen molar-refractivity contribution in [2.24, 2.45) is 0 Å². The van der Waals surface area contributed by atoms with Crippen molar-refractivity contribution in [3.05, 3.63) is 35.0 Å². The van der Waals surface area contributed by atoms with Crippen molar-refractivity contribution in [2.45, 2.75) is 4.58 Å². The number of rotatable bonds is 1. The lowest BCUT2D eigenvalue weighted by molar-refractivity contribution is 0.565. The monoisotopic (exact) mass is 235 g/mol. The first kappa shape index (κ1) is 9.33. The van der Waals surface area contributed by atoms with Crippen molar-refractivity contribution in [3.63, 3.8) is 0 Å². The predicted octanol–water partition coefficient (Wildman–Crippen LogP) is 2.03. The smallest absolute Gasteiger partial charge is 0.170 e. The lowest BCUT2D eigenvalue weighted by atomic mass is 10.3. The maximum Gasteiger partial charge on any atom is 0.170 e. The van der Waals surface area contributed by atoms with Gasteiger partial charge in [-0.15, -0.1) is 0 Å². The summed E-state index contributed by atoms with van der Waals surface area (Å²) in [7, 11) is 0. The van der Waals surface area contributed by atoms with Gasteiger partial charge in [0.25, 0.3) is 0 Å². The number of fused-ring (bicyclic) bond motifs is 1. The lowest BCUT2D eigenvalue weighted by Crippen LogP contribution is -2.05. The summed E-state index contributed by atoms with van der Waals surface area (Å²) in [6.45, 7) is 0. The summed E-state index contributed by atoms with van der Waals surface area (Å²) in [6.07, 6.45) is 7.07. The van der Waals surface area contributed by atoms with Crippen LogP contribution in [0.5, 0.6) is 0 Å². The minimum absolute atomic E-state index is 0.401. The van der Waals surface area contributed by atoms with Crippen LogP contribution >= 0.6 is 23.5 Å². The Morgan fingerprint density at radius 2 is 2.46 bits per heavy atom. The van der Waals surface area contributed by atoms with Crippen LogP contribution in [0.15, 0.2) is 35.0 Å². The van der Waals surface area contributed by atoms with Crippen LogP contribution in [0.1, 0.15) is 0 Å². The number of allylic oxidation sites excluding steroid dienone is 2. The average molecular weight is 236 g/mol. The average Bonchev–Trinajstić information content (AvgIpc) is 2.49. The van der Waals surface area contributed by atoms with Crippen LogP contribution in [0.2, 0.25) is 0 Å². The van der Waals surface area contributed by atoms with Gasteiger partial charge >= 0.3 is 0 Å². The largest absolute Gasteiger partial charge is 0.305 e. The fraction of sp³-hybridized carbons (Fsp3) is 0.143. The van der Waals surface area contributed by atoms with Gasteiger partial charge in [0.1, 0.15) is 4.58 Å². The van der Waals surface area contributed by atoms with Crippen LogP contribution in [0.4, 0.5) is 0 Å². The standard InChI is InChI=1S/C7H6ClNO2S2/c8-9-3-1-2-6-5(9)4-7(12-6)13(10)11/h1-4,7H,(H,10,11). The first-order valence-corrected chi connectivity index (χ1v) is 5.89. The molecule has 2 aliphatic rings. The van der Waals surface area contributed by atoms with Crippen molar-refractivity contribution in [1.82, 2.24) is 4.42 Å². The highest BCUT2D eigenvalue weighted by atomic mass is 35.5. The molecule has 6 heteroatoms. The molecule has 0 radical (unpaired) electrons. The molecule has 2 rings (SSSR count). The van der Waals surface area contributed by atoms with Gasteiger partial charge in [-0.2, -0.15) is 0 Å². The Labute approximate surface area is 87.5 Å². The van der Waals surface area contributed by atoms with Gasteiger partial charge in [0.05, 0.1) is 5.70 Å². The zero-order chi connectivity index (χ0) is 9.42. The Morgan fingerprint density at radius 3 is 3.08 bits per heavy atom. The SMILES string of the molecule is O=S(O)C1C=C2C(=CC=CN2Cl)S1. The fourth-order valence-electron chi connectivity index (χ4n) is 1.12. The summed E-state index contributed by atoms with van der Waals surface area (Å²) in [4.78, 5) is 0.935. The molecule has 2 atom stereocenters. The number of halogens is 1. The van der Waals surface area contributed by atoms with Gasteiger partial charge in [-0.3, -0.25) is 4.42 Å². The Morgan fingerprint density at radius 1 is 1.69 bits per heavy atom. The molecule has 70 valence electrons. The molecule has 0 aromatic heterocycles. The van der Waals surface area contributed by atoms with Crippen molar-refractivity contribution >= 4 is 34.6 Å². The van der Waals surface area contributed by atoms with Gasteiger partial charge in [-0.25, -0.2) is 4.21 Å². The highest BCUT2D eigenvalue weighted by Crippen LogP contribution is 2.41. The van der Waals surface area contributed by atoms with E-state index in [1.54, 1.807) is 18.4 Å². The molecule has 2 unspecified atom stereocenters. The van der Waals surface area contributed by atoms with E-state index in [1.807, 2.05) is 6.08 Å². The third kappa shape index (κ3) is 1.69. The van der Waals surface area contributed by atoms with E-state index < -0.39 is 15.7 Å². The van der Waals surface area contributed by atoms with Crippen LogP contribution in [0.3, 0.4) is 0 Å². The Bertz CT molecular complexity index is 350. The Kier molecular flexibility index (Phi) is 2.51. The molecule has 0 bridgehead atoms. The summed E-state index contributed by atoms with van der Waals surface area (Å²) in [5.74, 6) is 0. The molecule has 2 heterocycles. The van der Waals surface area contributed by atoms with Gasteiger partial charge in [0, 0.05) is 22.9 Å². The van der Waals surface area contributed by atoms with Crippen LogP contribution in [-0.4, -0.2) is 17.8 Å². The molecule has 0 fully saturated rings. The molecule has 0 saturated heterocycles. The van der Waals surface area contributed by atoms with Gasteiger partial charge in [0.15, 0.2) is 11.1 Å². The third-order valence-corrected chi connectivity index (χ3v) is 4.26. The molecule has 0 spiro atoms. The summed E-state index contributed by atoms with van der Waals surface area (Å²) in [6, 6.07) is 0. The van der Waals surface area contributed by atoms with Crippen molar-refractivity contribution in [1.29, 1.82) is 0 Å². The van der Waals surface area contributed by atoms with Crippen molar-refractivity contribution in [2.75, 3.05) is 0 Å². The van der Waals surface area contributed by atoms with Crippen molar-refractivity contribution in [3.8, 4) is 0 Å². The zero-order valence-electron chi connectivity index (χ0n) is 6.38. The van der Waals surface area contributed by atoms with Crippen LogP contribution in [-0.2, 0) is 11.1 Å². The number of thioether (sulfide) groups is 1. The normalized spacial score (nSPS) is 28.2. The molecular formula is C7H6ClNO2S2. The van der Waals surface area contributed by atoms with E-state index in [-0.39, 0.29) is 0 Å². The van der Waals surface area contributed by atoms with Gasteiger partial charge < -0.3 is 4.55 Å². The molecule has 2 aliphatic heterocycles. The molecule has 0 amide bonds. The molecule has 0 aliphatic carbocycles. The predicted molar refractivity (Wildman–Crippen MR) is 55.1 cm³/mol. The zero-order valence-corrected chi connectivity index (χ0v) is 8.77. The highest BCUT2D eigenvalue weighted by Gasteiger charge is 2.28. The minimum atomic E-state index is -1.84. The molecule has 1 N–H and O–H groups in total. The van der Waals surface area contributed by atoms with E-state index >= 15 is 0 Å². The lowest BCUT2D eigenvalue weighted by Gasteiger charge is -2.15. The summed E-state index contributed by atoms with van der Waals surface area (Å²) in [5, 5.41) is 0. The molecule has 0 aromatic carbocycles. The maximum atomic E-state index is 10.8. The van der Waals surface area contributed by atoms with E-state index in [9.17, 15) is 4.21 Å². The summed E-state index contributed by atoms with van der Waals surface area (Å²) >= 11 is 5.34. The van der Waals surface area contributed by atoms with E-state index in [1.165, 1.54) is 16.2 Å². The molecular weight excluding hydrogens is 230 g/mol. The molecule has 0 saturated carbocycles. The highest BCUT2D eigenvalue weighted by molar-refractivity contribution is 8.13. The minimum Gasteiger partial charge on any atom is -0.305 e. The van der Waals surface area contributed by atoms with Gasteiger partial charge in [-0.1, -0.05) is 11.8 Å². The number of hydrogen-bond donors (Lipinski definition) is 1. The second-order valence-corrected chi connectivity index (χ2v) is 5.40. The quantitative estimate of drug-likeness (QED) is 0.558. The molecule has 0 aromatic rings. The molecule has 3 nitrogen and oxygen atoms in total. The van der Waals surface area contributed by atoms with E-state index in [4.69, 9.17) is 16.3 Å². The third-order valence-electron chi connectivity index (χ3n) is 1.68. The number of nitrogens with zero attached hydrogens (tertiary/aromatic N) is 1. The van der Waals surface area contributed by atoms with E-state index in [0.717, 1.165) is 10.6 Å². The van der Waals surface area contributed by atoms with E-state index in [0.29, 0.717) is 0 Å². The second-order valence-electron chi connectivity index (χ2n) is 2.50. The summed E-state index contributed by atoms with van der Waals surface area (Å²) in [5.41, 5.74) is 0.793. The maximum absolute atomic E-state index is 10.8. The summed E-state index contributed by atoms with van der Waals surface area (Å²) < 4.78 is 20.7. The first-order valence-electron chi connectivity index (χ1n) is 3.50. The van der Waals surface area contributed by atoms with Crippen LogP contribution in [0.25, 0.3) is 0 Å². The fourth-order valence-corrected chi connectivity index (χ4v) is 3.16. The van der Waals surface area contributed by atoms with Crippen molar-refractivity contribution < 1.29 is 8.76 Å². The first-order chi connectivity index (χ1) is 6.18. The van der Waals surface area contributed by atoms with Crippen LogP contribution < -0.4 is 0 Å². The topological polar surface area (TPSA) is 40.5 Å². The second kappa shape index (κ2) is 3.49. The number of hydrogen-bond acceptors (Lipinski definition) is 3.